The minimum Gasteiger partial charge on any atom is -0.337 e. The highest BCUT2D eigenvalue weighted by molar-refractivity contribution is 9.10. The summed E-state index contributed by atoms with van der Waals surface area (Å²) >= 11 is 3.44. The maximum absolute atomic E-state index is 13.2. The average Bonchev–Trinajstić information content (AvgIpc) is 2.70. The van der Waals surface area contributed by atoms with Gasteiger partial charge in [0, 0.05) is 10.2 Å². The number of hydrogen-bond donors (Lipinski definition) is 2. The van der Waals surface area contributed by atoms with Crippen LogP contribution < -0.4 is 10.0 Å². The van der Waals surface area contributed by atoms with Crippen LogP contribution in [0.1, 0.15) is 11.1 Å². The summed E-state index contributed by atoms with van der Waals surface area (Å²) in [5, 5.41) is 3.17. The average molecular weight is 483 g/mol. The van der Waals surface area contributed by atoms with Crippen LogP contribution in [0.5, 0.6) is 0 Å². The fourth-order valence-corrected chi connectivity index (χ4v) is 4.78. The van der Waals surface area contributed by atoms with Gasteiger partial charge in [-0.3, -0.25) is 4.72 Å². The summed E-state index contributed by atoms with van der Waals surface area (Å²) in [5.41, 5.74) is 3.52. The Morgan fingerprint density at radius 3 is 2.23 bits per heavy atom. The standard InChI is InChI=1S/C22H19BrN4O2S/c1-14-10-11-15(2)20(12-14)30(28,29)27-22-21(24-17-7-5-6-16(23)13-17)25-18-8-3-4-9-19(18)26-22/h3-13H,1-2H3,(H,24,25)(H,26,27). The number of aromatic nitrogens is 2. The zero-order valence-corrected chi connectivity index (χ0v) is 18.8. The van der Waals surface area contributed by atoms with Gasteiger partial charge < -0.3 is 5.32 Å². The Kier molecular flexibility index (Phi) is 5.44. The molecule has 1 aromatic heterocycles. The Labute approximate surface area is 183 Å². The van der Waals surface area contributed by atoms with E-state index in [1.807, 2.05) is 55.5 Å². The first-order valence-electron chi connectivity index (χ1n) is 9.21. The van der Waals surface area contributed by atoms with Gasteiger partial charge in [0.2, 0.25) is 0 Å². The summed E-state index contributed by atoms with van der Waals surface area (Å²) in [4.78, 5) is 9.35. The van der Waals surface area contributed by atoms with Gasteiger partial charge in [0.15, 0.2) is 11.6 Å². The van der Waals surface area contributed by atoms with Gasteiger partial charge in [-0.2, -0.15) is 0 Å². The van der Waals surface area contributed by atoms with E-state index in [-0.39, 0.29) is 10.7 Å². The van der Waals surface area contributed by atoms with Crippen LogP contribution in [0.15, 0.2) is 76.1 Å². The second-order valence-electron chi connectivity index (χ2n) is 6.92. The lowest BCUT2D eigenvalue weighted by Crippen LogP contribution is -2.17. The van der Waals surface area contributed by atoms with Crippen LogP contribution >= 0.6 is 15.9 Å². The second-order valence-corrected chi connectivity index (χ2v) is 9.49. The molecule has 0 saturated heterocycles. The molecule has 30 heavy (non-hydrogen) atoms. The van der Waals surface area contributed by atoms with Crippen molar-refractivity contribution in [3.8, 4) is 0 Å². The number of para-hydroxylation sites is 2. The summed E-state index contributed by atoms with van der Waals surface area (Å²) in [6, 6.07) is 20.2. The number of nitrogens with zero attached hydrogens (tertiary/aromatic N) is 2. The van der Waals surface area contributed by atoms with Gasteiger partial charge in [-0.05, 0) is 61.4 Å². The first-order valence-corrected chi connectivity index (χ1v) is 11.5. The highest BCUT2D eigenvalue weighted by Gasteiger charge is 2.21. The minimum absolute atomic E-state index is 0.134. The van der Waals surface area contributed by atoms with E-state index in [0.29, 0.717) is 22.4 Å². The lowest BCUT2D eigenvalue weighted by atomic mass is 10.2. The van der Waals surface area contributed by atoms with Gasteiger partial charge in [-0.1, -0.05) is 46.3 Å². The van der Waals surface area contributed by atoms with Crippen molar-refractivity contribution >= 4 is 54.3 Å². The maximum atomic E-state index is 13.2. The van der Waals surface area contributed by atoms with Crippen LogP contribution in [0.2, 0.25) is 0 Å². The molecule has 152 valence electrons. The number of aryl methyl sites for hydroxylation is 2. The number of benzene rings is 3. The number of fused-ring (bicyclic) bond motifs is 1. The Balaban J connectivity index is 1.81. The van der Waals surface area contributed by atoms with Crippen LogP contribution in [-0.2, 0) is 10.0 Å². The van der Waals surface area contributed by atoms with Crippen molar-refractivity contribution < 1.29 is 8.42 Å². The van der Waals surface area contributed by atoms with Crippen LogP contribution in [-0.4, -0.2) is 18.4 Å². The van der Waals surface area contributed by atoms with Crippen molar-refractivity contribution in [3.63, 3.8) is 0 Å². The number of halogens is 1. The van der Waals surface area contributed by atoms with Crippen molar-refractivity contribution in [1.82, 2.24) is 9.97 Å². The van der Waals surface area contributed by atoms with Crippen molar-refractivity contribution in [1.29, 1.82) is 0 Å². The molecule has 1 heterocycles. The lowest BCUT2D eigenvalue weighted by molar-refractivity contribution is 0.600. The summed E-state index contributed by atoms with van der Waals surface area (Å²) in [6.07, 6.45) is 0. The van der Waals surface area contributed by atoms with E-state index in [1.54, 1.807) is 25.1 Å². The van der Waals surface area contributed by atoms with Crippen LogP contribution in [0.25, 0.3) is 11.0 Å². The van der Waals surface area contributed by atoms with Crippen molar-refractivity contribution in [3.05, 3.63) is 82.3 Å². The van der Waals surface area contributed by atoms with Crippen molar-refractivity contribution in [2.24, 2.45) is 0 Å². The number of hydrogen-bond acceptors (Lipinski definition) is 5. The molecule has 0 bridgehead atoms. The number of sulfonamides is 1. The monoisotopic (exact) mass is 482 g/mol. The molecule has 3 aromatic carbocycles. The van der Waals surface area contributed by atoms with E-state index >= 15 is 0 Å². The number of anilines is 3. The van der Waals surface area contributed by atoms with E-state index in [4.69, 9.17) is 0 Å². The fraction of sp³-hybridized carbons (Fsp3) is 0.0909. The molecule has 0 amide bonds. The van der Waals surface area contributed by atoms with Gasteiger partial charge in [0.1, 0.15) is 0 Å². The normalized spacial score (nSPS) is 11.4. The highest BCUT2D eigenvalue weighted by Crippen LogP contribution is 2.29. The molecule has 0 atom stereocenters. The first-order chi connectivity index (χ1) is 14.3. The molecule has 8 heteroatoms. The van der Waals surface area contributed by atoms with Gasteiger partial charge in [0.25, 0.3) is 10.0 Å². The van der Waals surface area contributed by atoms with E-state index in [0.717, 1.165) is 15.7 Å². The fourth-order valence-electron chi connectivity index (χ4n) is 3.04. The molecule has 2 N–H and O–H groups in total. The third kappa shape index (κ3) is 4.29. The van der Waals surface area contributed by atoms with Crippen LogP contribution in [0.3, 0.4) is 0 Å². The van der Waals surface area contributed by atoms with Gasteiger partial charge in [-0.15, -0.1) is 0 Å². The zero-order valence-electron chi connectivity index (χ0n) is 16.3. The second kappa shape index (κ2) is 8.04. The number of nitrogens with one attached hydrogen (secondary N) is 2. The molecular formula is C22H19BrN4O2S. The van der Waals surface area contributed by atoms with Crippen LogP contribution in [0, 0.1) is 13.8 Å². The summed E-state index contributed by atoms with van der Waals surface area (Å²) in [6.45, 7) is 3.62. The molecule has 0 aliphatic heterocycles. The molecule has 0 aliphatic rings. The van der Waals surface area contributed by atoms with E-state index in [1.165, 1.54) is 0 Å². The van der Waals surface area contributed by atoms with Gasteiger partial charge in [0.05, 0.1) is 15.9 Å². The predicted molar refractivity (Wildman–Crippen MR) is 124 cm³/mol. The summed E-state index contributed by atoms with van der Waals surface area (Å²) in [5.74, 6) is 0.454. The summed E-state index contributed by atoms with van der Waals surface area (Å²) in [7, 11) is -3.86. The SMILES string of the molecule is Cc1ccc(C)c(S(=O)(=O)Nc2nc3ccccc3nc2Nc2cccc(Br)c2)c1. The smallest absolute Gasteiger partial charge is 0.263 e. The Morgan fingerprint density at radius 2 is 1.53 bits per heavy atom. The van der Waals surface area contributed by atoms with Gasteiger partial charge >= 0.3 is 0 Å². The molecule has 0 spiro atoms. The van der Waals surface area contributed by atoms with E-state index < -0.39 is 10.0 Å². The molecule has 0 unspecified atom stereocenters. The molecule has 4 aromatic rings. The first kappa shape index (κ1) is 20.3. The molecule has 4 rings (SSSR count). The third-order valence-corrected chi connectivity index (χ3v) is 6.50. The van der Waals surface area contributed by atoms with Crippen molar-refractivity contribution in [2.75, 3.05) is 10.0 Å². The molecule has 6 nitrogen and oxygen atoms in total. The quantitative estimate of drug-likeness (QED) is 0.389. The molecule has 0 radical (unpaired) electrons. The van der Waals surface area contributed by atoms with Crippen LogP contribution in [0.4, 0.5) is 17.3 Å². The van der Waals surface area contributed by atoms with E-state index in [9.17, 15) is 8.42 Å². The number of rotatable bonds is 5. The van der Waals surface area contributed by atoms with Crippen molar-refractivity contribution in [2.45, 2.75) is 18.7 Å². The molecule has 0 aliphatic carbocycles. The third-order valence-electron chi connectivity index (χ3n) is 4.52. The topological polar surface area (TPSA) is 84.0 Å². The minimum atomic E-state index is -3.86. The van der Waals surface area contributed by atoms with E-state index in [2.05, 4.69) is 35.9 Å². The Morgan fingerprint density at radius 1 is 0.833 bits per heavy atom. The lowest BCUT2D eigenvalue weighted by Gasteiger charge is -2.15. The maximum Gasteiger partial charge on any atom is 0.263 e. The summed E-state index contributed by atoms with van der Waals surface area (Å²) < 4.78 is 29.8. The molecule has 0 saturated carbocycles. The largest absolute Gasteiger partial charge is 0.337 e. The Bertz CT molecular complexity index is 1360. The highest BCUT2D eigenvalue weighted by atomic mass is 79.9. The molecular weight excluding hydrogens is 464 g/mol. The molecule has 0 fully saturated rings. The van der Waals surface area contributed by atoms with Gasteiger partial charge in [-0.25, -0.2) is 18.4 Å². The zero-order chi connectivity index (χ0) is 21.3. The predicted octanol–water partition coefficient (Wildman–Crippen LogP) is 5.55. The Hall–Kier alpha value is -2.97.